The van der Waals surface area contributed by atoms with Crippen LogP contribution in [-0.2, 0) is 6.42 Å². The molecule has 22 heavy (non-hydrogen) atoms. The molecule has 0 unspecified atom stereocenters. The van der Waals surface area contributed by atoms with Crippen LogP contribution in [-0.4, -0.2) is 21.5 Å². The number of aromatic nitrogens is 3. The Hall–Kier alpha value is -1.98. The number of fused-ring (bicyclic) bond motifs is 1. The lowest BCUT2D eigenvalue weighted by Gasteiger charge is -2.09. The summed E-state index contributed by atoms with van der Waals surface area (Å²) in [7, 11) is 0. The fourth-order valence-electron chi connectivity index (χ4n) is 2.10. The molecule has 0 aliphatic carbocycles. The van der Waals surface area contributed by atoms with E-state index >= 15 is 0 Å². The Kier molecular flexibility index (Phi) is 4.36. The molecule has 1 aromatic carbocycles. The number of halogens is 3. The topological polar surface area (TPSA) is 50.7 Å². The molecule has 0 atom stereocenters. The zero-order chi connectivity index (χ0) is 15.5. The molecule has 0 saturated heterocycles. The third-order valence-corrected chi connectivity index (χ3v) is 3.74. The molecule has 1 N–H and O–H groups in total. The summed E-state index contributed by atoms with van der Waals surface area (Å²) in [4.78, 5) is 12.1. The van der Waals surface area contributed by atoms with Crippen LogP contribution in [0.3, 0.4) is 0 Å². The van der Waals surface area contributed by atoms with E-state index in [2.05, 4.69) is 20.3 Å². The third kappa shape index (κ3) is 3.26. The van der Waals surface area contributed by atoms with Gasteiger partial charge in [-0.2, -0.15) is 0 Å². The Bertz CT molecular complexity index is 826. The van der Waals surface area contributed by atoms with E-state index in [1.807, 2.05) is 6.07 Å². The smallest absolute Gasteiger partial charge is 0.164 e. The summed E-state index contributed by atoms with van der Waals surface area (Å²) in [6.07, 6.45) is 3.21. The molecule has 0 radical (unpaired) electrons. The van der Waals surface area contributed by atoms with Crippen molar-refractivity contribution >= 4 is 40.1 Å². The number of pyridine rings is 1. The first-order chi connectivity index (χ1) is 10.6. The highest BCUT2D eigenvalue weighted by Gasteiger charge is 2.06. The number of nitrogens with one attached hydrogen (secondary N) is 1. The van der Waals surface area contributed by atoms with Crippen molar-refractivity contribution in [3.63, 3.8) is 0 Å². The van der Waals surface area contributed by atoms with E-state index < -0.39 is 5.82 Å². The second kappa shape index (κ2) is 6.42. The summed E-state index contributed by atoms with van der Waals surface area (Å²) in [5, 5.41) is 4.92. The minimum absolute atomic E-state index is 0.425. The first-order valence-corrected chi connectivity index (χ1v) is 7.33. The second-order valence-electron chi connectivity index (χ2n) is 4.66. The van der Waals surface area contributed by atoms with Crippen molar-refractivity contribution in [1.82, 2.24) is 15.0 Å². The molecular formula is C15H11Cl2FN4. The van der Waals surface area contributed by atoms with Gasteiger partial charge in [0, 0.05) is 16.6 Å². The van der Waals surface area contributed by atoms with E-state index in [0.29, 0.717) is 39.9 Å². The minimum Gasteiger partial charge on any atom is -0.369 e. The van der Waals surface area contributed by atoms with Crippen molar-refractivity contribution in [1.29, 1.82) is 0 Å². The number of hydrogen-bond acceptors (Lipinski definition) is 4. The van der Waals surface area contributed by atoms with Gasteiger partial charge in [0.2, 0.25) is 0 Å². The van der Waals surface area contributed by atoms with Crippen LogP contribution >= 0.6 is 23.2 Å². The van der Waals surface area contributed by atoms with Gasteiger partial charge in [0.15, 0.2) is 5.65 Å². The van der Waals surface area contributed by atoms with Crippen LogP contribution in [0.1, 0.15) is 5.56 Å². The van der Waals surface area contributed by atoms with Gasteiger partial charge in [0.1, 0.15) is 18.0 Å². The fraction of sp³-hybridized carbons (Fsp3) is 0.133. The highest BCUT2D eigenvalue weighted by atomic mass is 35.5. The molecule has 7 heteroatoms. The van der Waals surface area contributed by atoms with Gasteiger partial charge in [-0.05, 0) is 30.2 Å². The molecule has 2 heterocycles. The second-order valence-corrected chi connectivity index (χ2v) is 5.50. The van der Waals surface area contributed by atoms with Gasteiger partial charge in [-0.1, -0.05) is 29.3 Å². The third-order valence-electron chi connectivity index (χ3n) is 3.16. The SMILES string of the molecule is Fc1cnc2ncnc(NCCc3ccc(Cl)cc3Cl)c2c1. The molecule has 0 fully saturated rings. The van der Waals surface area contributed by atoms with Crippen LogP contribution in [0.25, 0.3) is 11.0 Å². The summed E-state index contributed by atoms with van der Waals surface area (Å²) in [5.41, 5.74) is 1.42. The van der Waals surface area contributed by atoms with Crippen LogP contribution in [0.2, 0.25) is 10.0 Å². The summed E-state index contributed by atoms with van der Waals surface area (Å²) >= 11 is 12.0. The van der Waals surface area contributed by atoms with Gasteiger partial charge in [0.05, 0.1) is 11.6 Å². The van der Waals surface area contributed by atoms with E-state index in [1.54, 1.807) is 12.1 Å². The lowest BCUT2D eigenvalue weighted by atomic mass is 10.1. The molecule has 0 aliphatic heterocycles. The molecule has 2 aromatic heterocycles. The average Bonchev–Trinajstić information content (AvgIpc) is 2.50. The fourth-order valence-corrected chi connectivity index (χ4v) is 2.60. The van der Waals surface area contributed by atoms with Crippen molar-refractivity contribution in [3.8, 4) is 0 Å². The normalized spacial score (nSPS) is 10.9. The quantitative estimate of drug-likeness (QED) is 0.778. The Labute approximate surface area is 136 Å². The van der Waals surface area contributed by atoms with Gasteiger partial charge in [-0.3, -0.25) is 0 Å². The van der Waals surface area contributed by atoms with Gasteiger partial charge < -0.3 is 5.32 Å². The standard InChI is InChI=1S/C15H11Cl2FN4/c16-10-2-1-9(13(17)5-10)3-4-19-14-12-6-11(18)7-20-15(12)22-8-21-14/h1-2,5-8H,3-4H2,(H,19,20,21,22). The minimum atomic E-state index is -0.425. The Morgan fingerprint density at radius 1 is 1.09 bits per heavy atom. The monoisotopic (exact) mass is 336 g/mol. The Morgan fingerprint density at radius 3 is 2.77 bits per heavy atom. The summed E-state index contributed by atoms with van der Waals surface area (Å²) in [6.45, 7) is 0.587. The van der Waals surface area contributed by atoms with Crippen molar-refractivity contribution in [3.05, 3.63) is 58.2 Å². The highest BCUT2D eigenvalue weighted by molar-refractivity contribution is 6.35. The van der Waals surface area contributed by atoms with Gasteiger partial charge >= 0.3 is 0 Å². The first-order valence-electron chi connectivity index (χ1n) is 6.57. The molecule has 0 aliphatic rings. The van der Waals surface area contributed by atoms with Gasteiger partial charge in [-0.15, -0.1) is 0 Å². The molecule has 0 spiro atoms. The maximum atomic E-state index is 13.3. The van der Waals surface area contributed by atoms with E-state index in [4.69, 9.17) is 23.2 Å². The molecule has 112 valence electrons. The molecule has 3 rings (SSSR count). The van der Waals surface area contributed by atoms with Crippen molar-refractivity contribution in [2.45, 2.75) is 6.42 Å². The van der Waals surface area contributed by atoms with Crippen LogP contribution in [0.15, 0.2) is 36.8 Å². The van der Waals surface area contributed by atoms with Crippen molar-refractivity contribution in [2.75, 3.05) is 11.9 Å². The largest absolute Gasteiger partial charge is 0.369 e. The predicted molar refractivity (Wildman–Crippen MR) is 85.9 cm³/mol. The zero-order valence-electron chi connectivity index (χ0n) is 11.4. The maximum absolute atomic E-state index is 13.3. The maximum Gasteiger partial charge on any atom is 0.164 e. The van der Waals surface area contributed by atoms with Crippen LogP contribution in [0.4, 0.5) is 10.2 Å². The lowest BCUT2D eigenvalue weighted by molar-refractivity contribution is 0.624. The Balaban J connectivity index is 1.75. The van der Waals surface area contributed by atoms with Gasteiger partial charge in [-0.25, -0.2) is 19.3 Å². The number of benzene rings is 1. The average molecular weight is 337 g/mol. The highest BCUT2D eigenvalue weighted by Crippen LogP contribution is 2.22. The van der Waals surface area contributed by atoms with Crippen LogP contribution in [0.5, 0.6) is 0 Å². The number of nitrogens with zero attached hydrogens (tertiary/aromatic N) is 3. The number of rotatable bonds is 4. The molecule has 0 saturated carbocycles. The van der Waals surface area contributed by atoms with Crippen LogP contribution in [0, 0.1) is 5.82 Å². The first kappa shape index (κ1) is 14.9. The molecule has 3 aromatic rings. The molecule has 4 nitrogen and oxygen atoms in total. The zero-order valence-corrected chi connectivity index (χ0v) is 12.9. The van der Waals surface area contributed by atoms with E-state index in [0.717, 1.165) is 11.8 Å². The number of hydrogen-bond donors (Lipinski definition) is 1. The lowest BCUT2D eigenvalue weighted by Crippen LogP contribution is -2.07. The predicted octanol–water partition coefficient (Wildman–Crippen LogP) is 4.13. The molecule has 0 bridgehead atoms. The molecule has 0 amide bonds. The van der Waals surface area contributed by atoms with Crippen molar-refractivity contribution < 1.29 is 4.39 Å². The summed E-state index contributed by atoms with van der Waals surface area (Å²) in [5.74, 6) is 0.119. The van der Waals surface area contributed by atoms with E-state index in [1.165, 1.54) is 12.4 Å². The van der Waals surface area contributed by atoms with Gasteiger partial charge in [0.25, 0.3) is 0 Å². The summed E-state index contributed by atoms with van der Waals surface area (Å²) in [6, 6.07) is 6.74. The number of anilines is 1. The van der Waals surface area contributed by atoms with Crippen molar-refractivity contribution in [2.24, 2.45) is 0 Å². The Morgan fingerprint density at radius 2 is 1.95 bits per heavy atom. The molecular weight excluding hydrogens is 326 g/mol. The van der Waals surface area contributed by atoms with E-state index in [9.17, 15) is 4.39 Å². The summed E-state index contributed by atoms with van der Waals surface area (Å²) < 4.78 is 13.3. The van der Waals surface area contributed by atoms with Crippen LogP contribution < -0.4 is 5.32 Å². The van der Waals surface area contributed by atoms with E-state index in [-0.39, 0.29) is 0 Å².